The van der Waals surface area contributed by atoms with Crippen molar-refractivity contribution in [3.63, 3.8) is 0 Å². The summed E-state index contributed by atoms with van der Waals surface area (Å²) in [6, 6.07) is 14.7. The maximum Gasteiger partial charge on any atom is 0.146 e. The van der Waals surface area contributed by atoms with Gasteiger partial charge >= 0.3 is 0 Å². The number of rotatable bonds is 3. The summed E-state index contributed by atoms with van der Waals surface area (Å²) in [5, 5.41) is 11.4. The third kappa shape index (κ3) is 2.85. The van der Waals surface area contributed by atoms with E-state index in [0.717, 1.165) is 38.9 Å². The van der Waals surface area contributed by atoms with Crippen LogP contribution in [0.15, 0.2) is 53.9 Å². The molecule has 0 atom stereocenters. The van der Waals surface area contributed by atoms with Crippen molar-refractivity contribution in [1.29, 1.82) is 0 Å². The van der Waals surface area contributed by atoms with E-state index in [0.29, 0.717) is 0 Å². The zero-order valence-electron chi connectivity index (χ0n) is 13.8. The van der Waals surface area contributed by atoms with E-state index in [-0.39, 0.29) is 5.82 Å². The molecule has 4 aromatic rings. The van der Waals surface area contributed by atoms with Gasteiger partial charge in [0.15, 0.2) is 0 Å². The summed E-state index contributed by atoms with van der Waals surface area (Å²) in [4.78, 5) is 4.70. The molecule has 4 rings (SSSR count). The van der Waals surface area contributed by atoms with E-state index in [2.05, 4.69) is 10.3 Å². The van der Waals surface area contributed by atoms with E-state index in [1.165, 1.54) is 23.5 Å². The van der Waals surface area contributed by atoms with Crippen LogP contribution in [0.4, 0.5) is 4.39 Å². The molecule has 2 heterocycles. The average molecular weight is 350 g/mol. The first-order chi connectivity index (χ1) is 12.1. The highest BCUT2D eigenvalue weighted by atomic mass is 32.1. The monoisotopic (exact) mass is 350 g/mol. The first kappa shape index (κ1) is 15.7. The number of aromatic nitrogens is 4. The second-order valence-corrected chi connectivity index (χ2v) is 6.63. The van der Waals surface area contributed by atoms with Crippen molar-refractivity contribution in [3.8, 4) is 27.6 Å². The van der Waals surface area contributed by atoms with Crippen LogP contribution < -0.4 is 0 Å². The number of halogens is 1. The van der Waals surface area contributed by atoms with Crippen molar-refractivity contribution in [1.82, 2.24) is 20.0 Å². The number of thiazole rings is 1. The Morgan fingerprint density at radius 1 is 1.04 bits per heavy atom. The molecule has 2 aromatic carbocycles. The quantitative estimate of drug-likeness (QED) is 0.532. The second kappa shape index (κ2) is 6.22. The van der Waals surface area contributed by atoms with Crippen molar-refractivity contribution in [2.75, 3.05) is 0 Å². The van der Waals surface area contributed by atoms with Crippen LogP contribution in [0, 0.1) is 19.7 Å². The number of aryl methyl sites for hydroxylation is 1. The first-order valence-corrected chi connectivity index (χ1v) is 8.71. The summed E-state index contributed by atoms with van der Waals surface area (Å²) in [7, 11) is 0. The van der Waals surface area contributed by atoms with Gasteiger partial charge in [-0.1, -0.05) is 35.5 Å². The van der Waals surface area contributed by atoms with Gasteiger partial charge in [0, 0.05) is 10.9 Å². The van der Waals surface area contributed by atoms with Gasteiger partial charge in [0.05, 0.1) is 17.1 Å². The summed E-state index contributed by atoms with van der Waals surface area (Å²) < 4.78 is 15.1. The van der Waals surface area contributed by atoms with Crippen molar-refractivity contribution in [3.05, 3.63) is 71.0 Å². The lowest BCUT2D eigenvalue weighted by atomic mass is 10.2. The van der Waals surface area contributed by atoms with E-state index >= 15 is 0 Å². The van der Waals surface area contributed by atoms with Gasteiger partial charge in [-0.25, -0.2) is 14.1 Å². The topological polar surface area (TPSA) is 43.6 Å². The van der Waals surface area contributed by atoms with Crippen molar-refractivity contribution in [2.45, 2.75) is 13.8 Å². The molecule has 2 aromatic heterocycles. The Kier molecular flexibility index (Phi) is 3.89. The number of nitrogens with zero attached hydrogens (tertiary/aromatic N) is 4. The van der Waals surface area contributed by atoms with E-state index < -0.39 is 0 Å². The molecule has 0 N–H and O–H groups in total. The van der Waals surface area contributed by atoms with Crippen molar-refractivity contribution in [2.24, 2.45) is 0 Å². The van der Waals surface area contributed by atoms with Crippen LogP contribution in [0.2, 0.25) is 0 Å². The predicted octanol–water partition coefficient (Wildman–Crippen LogP) is 4.81. The Hall–Kier alpha value is -2.86. The minimum absolute atomic E-state index is 0.258. The summed E-state index contributed by atoms with van der Waals surface area (Å²) in [6.07, 6.45) is 0. The molecule has 4 nitrogen and oxygen atoms in total. The second-order valence-electron chi connectivity index (χ2n) is 5.77. The first-order valence-electron chi connectivity index (χ1n) is 7.83. The van der Waals surface area contributed by atoms with Gasteiger partial charge in [0.1, 0.15) is 16.5 Å². The molecule has 0 saturated heterocycles. The molecule has 0 saturated carbocycles. The standard InChI is InChI=1S/C19H15FN4S/c1-12-10-15(20)8-9-17(12)24-13(2)18(22-23-24)19-21-16(11-25-19)14-6-4-3-5-7-14/h3-11H,1-2H3. The molecule has 0 radical (unpaired) electrons. The van der Waals surface area contributed by atoms with Gasteiger partial charge in [-0.05, 0) is 37.6 Å². The Bertz CT molecular complexity index is 1040. The summed E-state index contributed by atoms with van der Waals surface area (Å²) in [5.74, 6) is -0.258. The fraction of sp³-hybridized carbons (Fsp3) is 0.105. The molecule has 124 valence electrons. The van der Waals surface area contributed by atoms with E-state index in [9.17, 15) is 4.39 Å². The zero-order valence-corrected chi connectivity index (χ0v) is 14.6. The third-order valence-corrected chi connectivity index (χ3v) is 4.91. The Morgan fingerprint density at radius 3 is 2.60 bits per heavy atom. The van der Waals surface area contributed by atoms with Crippen LogP contribution in [0.25, 0.3) is 27.6 Å². The van der Waals surface area contributed by atoms with E-state index in [1.54, 1.807) is 10.7 Å². The lowest BCUT2D eigenvalue weighted by Crippen LogP contribution is -2.02. The Morgan fingerprint density at radius 2 is 1.84 bits per heavy atom. The predicted molar refractivity (Wildman–Crippen MR) is 97.3 cm³/mol. The van der Waals surface area contributed by atoms with Crippen LogP contribution in [0.3, 0.4) is 0 Å². The fourth-order valence-electron chi connectivity index (χ4n) is 2.74. The molecule has 0 unspecified atom stereocenters. The smallest absolute Gasteiger partial charge is 0.146 e. The lowest BCUT2D eigenvalue weighted by Gasteiger charge is -2.07. The molecule has 25 heavy (non-hydrogen) atoms. The van der Waals surface area contributed by atoms with Crippen molar-refractivity contribution >= 4 is 11.3 Å². The molecule has 0 bridgehead atoms. The van der Waals surface area contributed by atoms with Gasteiger partial charge in [-0.15, -0.1) is 16.4 Å². The molecule has 0 spiro atoms. The molecule has 6 heteroatoms. The molecule has 0 aliphatic heterocycles. The third-order valence-electron chi connectivity index (χ3n) is 4.06. The SMILES string of the molecule is Cc1cc(F)ccc1-n1nnc(-c2nc(-c3ccccc3)cs2)c1C. The maximum atomic E-state index is 13.3. The number of hydrogen-bond acceptors (Lipinski definition) is 4. The molecular formula is C19H15FN4S. The number of hydrogen-bond donors (Lipinski definition) is 0. The minimum atomic E-state index is -0.258. The Labute approximate surface area is 148 Å². The maximum absolute atomic E-state index is 13.3. The molecule has 0 amide bonds. The molecule has 0 aliphatic rings. The van der Waals surface area contributed by atoms with Gasteiger partial charge in [-0.3, -0.25) is 0 Å². The van der Waals surface area contributed by atoms with Crippen molar-refractivity contribution < 1.29 is 4.39 Å². The summed E-state index contributed by atoms with van der Waals surface area (Å²) in [6.45, 7) is 3.80. The van der Waals surface area contributed by atoms with Gasteiger partial charge < -0.3 is 0 Å². The zero-order chi connectivity index (χ0) is 17.4. The molecule has 0 fully saturated rings. The lowest BCUT2D eigenvalue weighted by molar-refractivity contribution is 0.625. The fourth-order valence-corrected chi connectivity index (χ4v) is 3.60. The Balaban J connectivity index is 1.74. The average Bonchev–Trinajstić information content (AvgIpc) is 3.23. The van der Waals surface area contributed by atoms with Gasteiger partial charge in [-0.2, -0.15) is 0 Å². The van der Waals surface area contributed by atoms with Crippen LogP contribution >= 0.6 is 11.3 Å². The highest BCUT2D eigenvalue weighted by Gasteiger charge is 2.17. The number of benzene rings is 2. The van der Waals surface area contributed by atoms with Gasteiger partial charge in [0.25, 0.3) is 0 Å². The normalized spacial score (nSPS) is 11.0. The molecular weight excluding hydrogens is 335 g/mol. The highest BCUT2D eigenvalue weighted by Crippen LogP contribution is 2.30. The summed E-state index contributed by atoms with van der Waals surface area (Å²) >= 11 is 1.54. The van der Waals surface area contributed by atoms with Gasteiger partial charge in [0.2, 0.25) is 0 Å². The molecule has 0 aliphatic carbocycles. The highest BCUT2D eigenvalue weighted by molar-refractivity contribution is 7.13. The minimum Gasteiger partial charge on any atom is -0.234 e. The largest absolute Gasteiger partial charge is 0.234 e. The summed E-state index contributed by atoms with van der Waals surface area (Å²) in [5.41, 5.74) is 5.25. The van der Waals surface area contributed by atoms with E-state index in [4.69, 9.17) is 4.98 Å². The van der Waals surface area contributed by atoms with Crippen LogP contribution in [-0.4, -0.2) is 20.0 Å². The van der Waals surface area contributed by atoms with E-state index in [1.807, 2.05) is 49.6 Å². The van der Waals surface area contributed by atoms with Crippen LogP contribution in [0.5, 0.6) is 0 Å². The van der Waals surface area contributed by atoms with Crippen LogP contribution in [-0.2, 0) is 0 Å². The van der Waals surface area contributed by atoms with Crippen LogP contribution in [0.1, 0.15) is 11.3 Å².